The van der Waals surface area contributed by atoms with Gasteiger partial charge in [0.2, 0.25) is 5.91 Å². The van der Waals surface area contributed by atoms with Crippen LogP contribution in [0.15, 0.2) is 42.5 Å². The molecule has 6 nitrogen and oxygen atoms in total. The molecule has 1 N–H and O–H groups in total. The second kappa shape index (κ2) is 10.9. The van der Waals surface area contributed by atoms with Gasteiger partial charge in [-0.3, -0.25) is 4.79 Å². The Morgan fingerprint density at radius 3 is 2.30 bits per heavy atom. The van der Waals surface area contributed by atoms with Gasteiger partial charge in [-0.05, 0) is 29.8 Å². The minimum Gasteiger partial charge on any atom is -0.493 e. The summed E-state index contributed by atoms with van der Waals surface area (Å²) in [5.41, 5.74) is 0.790. The summed E-state index contributed by atoms with van der Waals surface area (Å²) >= 11 is 0. The molecule has 10 heteroatoms. The van der Waals surface area contributed by atoms with E-state index in [-0.39, 0.29) is 35.1 Å². The Morgan fingerprint density at radius 2 is 1.67 bits per heavy atom. The number of halogens is 4. The predicted molar refractivity (Wildman–Crippen MR) is 100 cm³/mol. The van der Waals surface area contributed by atoms with Crippen LogP contribution in [0.25, 0.3) is 6.08 Å². The van der Waals surface area contributed by atoms with E-state index >= 15 is 0 Å². The molecule has 0 heterocycles. The van der Waals surface area contributed by atoms with E-state index in [2.05, 4.69) is 14.8 Å². The predicted octanol–water partition coefficient (Wildman–Crippen LogP) is 4.24. The molecule has 0 unspecified atom stereocenters. The molecule has 2 aromatic carbocycles. The van der Waals surface area contributed by atoms with Crippen molar-refractivity contribution in [3.05, 3.63) is 53.6 Å². The molecule has 0 atom stereocenters. The fraction of sp³-hybridized carbons (Fsp3) is 0.250. The fourth-order valence-corrected chi connectivity index (χ4v) is 2.47. The van der Waals surface area contributed by atoms with Crippen LogP contribution in [0.4, 0.5) is 17.6 Å². The smallest absolute Gasteiger partial charge is 0.387 e. The minimum atomic E-state index is -3.06. The molecule has 0 spiro atoms. The maximum atomic E-state index is 12.6. The highest BCUT2D eigenvalue weighted by atomic mass is 19.3. The molecule has 0 aliphatic carbocycles. The average Bonchev–Trinajstić information content (AvgIpc) is 2.71. The molecule has 0 saturated carbocycles. The maximum Gasteiger partial charge on any atom is 0.387 e. The topological polar surface area (TPSA) is 66.0 Å². The van der Waals surface area contributed by atoms with Crippen molar-refractivity contribution in [2.75, 3.05) is 14.2 Å². The summed E-state index contributed by atoms with van der Waals surface area (Å²) in [6.45, 7) is -5.99. The van der Waals surface area contributed by atoms with Gasteiger partial charge in [-0.25, -0.2) is 0 Å². The summed E-state index contributed by atoms with van der Waals surface area (Å²) in [4.78, 5) is 12.1. The Balaban J connectivity index is 2.05. The second-order valence-electron chi connectivity index (χ2n) is 5.67. The zero-order valence-corrected chi connectivity index (χ0v) is 16.0. The van der Waals surface area contributed by atoms with Crippen LogP contribution in [-0.4, -0.2) is 33.3 Å². The Kier molecular flexibility index (Phi) is 8.33. The van der Waals surface area contributed by atoms with Gasteiger partial charge in [0, 0.05) is 18.2 Å². The Bertz CT molecular complexity index is 889. The number of hydrogen-bond acceptors (Lipinski definition) is 5. The SMILES string of the molecule is COc1cc(CNC(=O)/C=C/c2cccc(OC)c2OC(F)F)ccc1OC(F)F. The van der Waals surface area contributed by atoms with Gasteiger partial charge in [0.05, 0.1) is 14.2 Å². The Hall–Kier alpha value is -3.43. The molecule has 0 saturated heterocycles. The second-order valence-corrected chi connectivity index (χ2v) is 5.67. The zero-order chi connectivity index (χ0) is 22.1. The van der Waals surface area contributed by atoms with Crippen LogP contribution in [0.3, 0.4) is 0 Å². The van der Waals surface area contributed by atoms with Crippen LogP contribution in [-0.2, 0) is 11.3 Å². The van der Waals surface area contributed by atoms with E-state index < -0.39 is 19.1 Å². The third-order valence-electron chi connectivity index (χ3n) is 3.76. The highest BCUT2D eigenvalue weighted by Crippen LogP contribution is 2.33. The van der Waals surface area contributed by atoms with Crippen molar-refractivity contribution in [3.8, 4) is 23.0 Å². The summed E-state index contributed by atoms with van der Waals surface area (Å²) in [5.74, 6) is -0.669. The quantitative estimate of drug-likeness (QED) is 0.452. The third kappa shape index (κ3) is 6.57. The van der Waals surface area contributed by atoms with Crippen molar-refractivity contribution in [3.63, 3.8) is 0 Å². The van der Waals surface area contributed by atoms with Gasteiger partial charge in [-0.1, -0.05) is 18.2 Å². The summed E-state index contributed by atoms with van der Waals surface area (Å²) < 4.78 is 68.8. The highest BCUT2D eigenvalue weighted by Gasteiger charge is 2.14. The van der Waals surface area contributed by atoms with Gasteiger partial charge in [0.15, 0.2) is 23.0 Å². The number of hydrogen-bond donors (Lipinski definition) is 1. The highest BCUT2D eigenvalue weighted by molar-refractivity contribution is 5.92. The summed E-state index contributed by atoms with van der Waals surface area (Å²) in [6, 6.07) is 8.72. The van der Waals surface area contributed by atoms with Crippen LogP contribution >= 0.6 is 0 Å². The zero-order valence-electron chi connectivity index (χ0n) is 16.0. The van der Waals surface area contributed by atoms with Crippen LogP contribution in [0.1, 0.15) is 11.1 Å². The number of benzene rings is 2. The molecule has 0 bridgehead atoms. The fourth-order valence-electron chi connectivity index (χ4n) is 2.47. The van der Waals surface area contributed by atoms with Gasteiger partial charge in [-0.15, -0.1) is 0 Å². The number of ether oxygens (including phenoxy) is 4. The summed E-state index contributed by atoms with van der Waals surface area (Å²) in [5, 5.41) is 2.58. The molecule has 0 fully saturated rings. The minimum absolute atomic E-state index is 0.0625. The van der Waals surface area contributed by atoms with Crippen LogP contribution in [0.2, 0.25) is 0 Å². The molecule has 2 rings (SSSR count). The monoisotopic (exact) mass is 429 g/mol. The standard InChI is InChI=1S/C20H19F4NO5/c1-27-15-5-3-4-13(18(15)30-20(23)24)7-9-17(26)25-11-12-6-8-14(29-19(21)22)16(10-12)28-2/h3-10,19-20H,11H2,1-2H3,(H,25,26)/b9-7+. The lowest BCUT2D eigenvalue weighted by Crippen LogP contribution is -2.20. The number of nitrogens with one attached hydrogen (secondary N) is 1. The van der Waals surface area contributed by atoms with Crippen molar-refractivity contribution < 1.29 is 41.3 Å². The Labute approximate surface area is 170 Å². The van der Waals surface area contributed by atoms with Crippen molar-refractivity contribution in [1.82, 2.24) is 5.32 Å². The normalized spacial score (nSPS) is 11.1. The van der Waals surface area contributed by atoms with Crippen LogP contribution in [0, 0.1) is 0 Å². The van der Waals surface area contributed by atoms with E-state index in [1.165, 1.54) is 50.6 Å². The Morgan fingerprint density at radius 1 is 0.967 bits per heavy atom. The number of methoxy groups -OCH3 is 2. The molecule has 2 aromatic rings. The average molecular weight is 429 g/mol. The van der Waals surface area contributed by atoms with Gasteiger partial charge in [0.1, 0.15) is 0 Å². The molecule has 0 radical (unpaired) electrons. The van der Waals surface area contributed by atoms with Gasteiger partial charge < -0.3 is 24.3 Å². The first-order valence-corrected chi connectivity index (χ1v) is 8.53. The lowest BCUT2D eigenvalue weighted by Gasteiger charge is -2.12. The van der Waals surface area contributed by atoms with E-state index in [1.54, 1.807) is 6.07 Å². The van der Waals surface area contributed by atoms with E-state index in [1.807, 2.05) is 0 Å². The first-order valence-electron chi connectivity index (χ1n) is 8.53. The number of rotatable bonds is 10. The number of carbonyl (C=O) groups is 1. The van der Waals surface area contributed by atoms with Crippen molar-refractivity contribution in [2.24, 2.45) is 0 Å². The largest absolute Gasteiger partial charge is 0.493 e. The molecular formula is C20H19F4NO5. The lowest BCUT2D eigenvalue weighted by molar-refractivity contribution is -0.116. The van der Waals surface area contributed by atoms with E-state index in [0.29, 0.717) is 5.56 Å². The summed E-state index contributed by atoms with van der Waals surface area (Å²) in [7, 11) is 2.60. The van der Waals surface area contributed by atoms with Gasteiger partial charge >= 0.3 is 13.2 Å². The third-order valence-corrected chi connectivity index (χ3v) is 3.76. The molecule has 0 aliphatic rings. The first-order chi connectivity index (χ1) is 14.3. The number of carbonyl (C=O) groups excluding carboxylic acids is 1. The van der Waals surface area contributed by atoms with Crippen LogP contribution < -0.4 is 24.3 Å². The van der Waals surface area contributed by atoms with E-state index in [9.17, 15) is 22.4 Å². The molecule has 0 aromatic heterocycles. The van der Waals surface area contributed by atoms with E-state index in [0.717, 1.165) is 6.08 Å². The molecule has 1 amide bonds. The number of amides is 1. The summed E-state index contributed by atoms with van der Waals surface area (Å²) in [6.07, 6.45) is 2.44. The number of alkyl halides is 4. The molecular weight excluding hydrogens is 410 g/mol. The maximum absolute atomic E-state index is 12.6. The molecule has 30 heavy (non-hydrogen) atoms. The molecule has 162 valence electrons. The first kappa shape index (κ1) is 22.9. The van der Waals surface area contributed by atoms with Crippen molar-refractivity contribution in [1.29, 1.82) is 0 Å². The van der Waals surface area contributed by atoms with Crippen LogP contribution in [0.5, 0.6) is 23.0 Å². The van der Waals surface area contributed by atoms with Crippen molar-refractivity contribution in [2.45, 2.75) is 19.8 Å². The molecule has 0 aliphatic heterocycles. The van der Waals surface area contributed by atoms with Gasteiger partial charge in [-0.2, -0.15) is 17.6 Å². The van der Waals surface area contributed by atoms with Gasteiger partial charge in [0.25, 0.3) is 0 Å². The van der Waals surface area contributed by atoms with Crippen molar-refractivity contribution >= 4 is 12.0 Å². The lowest BCUT2D eigenvalue weighted by atomic mass is 10.1. The van der Waals surface area contributed by atoms with E-state index in [4.69, 9.17) is 9.47 Å². The number of para-hydroxylation sites is 1.